The summed E-state index contributed by atoms with van der Waals surface area (Å²) in [5.74, 6) is 2.39. The minimum atomic E-state index is -0.550. The number of fused-ring (bicyclic) bond motifs is 2. The van der Waals surface area contributed by atoms with Gasteiger partial charge in [0, 0.05) is 23.3 Å². The van der Waals surface area contributed by atoms with Gasteiger partial charge >= 0.3 is 0 Å². The van der Waals surface area contributed by atoms with Crippen molar-refractivity contribution in [1.82, 2.24) is 0 Å². The average molecular weight is 340 g/mol. The normalized spacial score (nSPS) is 37.5. The first-order valence-electron chi connectivity index (χ1n) is 8.64. The Morgan fingerprint density at radius 1 is 1.24 bits per heavy atom. The standard InChI is InChI=1S/C20H20O5/c1-3-6-19-9-20(17(8-16(19)21)24-11-25-20)12(2)18(19)13-4-5-14-15(7-13)23-10-22-14/h3-5,7-8,12,18H,1,6,9-11H2,2H3/t12-,18+,19+,20+/m0/s1. The Balaban J connectivity index is 1.68. The van der Waals surface area contributed by atoms with Gasteiger partial charge in [0.2, 0.25) is 6.79 Å². The third-order valence-corrected chi connectivity index (χ3v) is 6.37. The molecule has 0 aromatic heterocycles. The van der Waals surface area contributed by atoms with E-state index in [9.17, 15) is 4.79 Å². The van der Waals surface area contributed by atoms with Crippen molar-refractivity contribution in [3.05, 3.63) is 48.3 Å². The van der Waals surface area contributed by atoms with Crippen LogP contribution >= 0.6 is 0 Å². The number of hydrogen-bond donors (Lipinski definition) is 0. The lowest BCUT2D eigenvalue weighted by molar-refractivity contribution is -0.126. The highest BCUT2D eigenvalue weighted by Gasteiger charge is 2.68. The van der Waals surface area contributed by atoms with E-state index in [1.807, 2.05) is 24.3 Å². The largest absolute Gasteiger partial charge is 0.469 e. The first-order valence-corrected chi connectivity index (χ1v) is 8.64. The molecule has 0 amide bonds. The predicted molar refractivity (Wildman–Crippen MR) is 89.2 cm³/mol. The van der Waals surface area contributed by atoms with Gasteiger partial charge < -0.3 is 18.9 Å². The van der Waals surface area contributed by atoms with Crippen LogP contribution in [0, 0.1) is 11.3 Å². The van der Waals surface area contributed by atoms with Crippen molar-refractivity contribution < 1.29 is 23.7 Å². The third-order valence-electron chi connectivity index (χ3n) is 6.37. The maximum atomic E-state index is 13.2. The Morgan fingerprint density at radius 3 is 2.92 bits per heavy atom. The van der Waals surface area contributed by atoms with E-state index >= 15 is 0 Å². The number of ether oxygens (including phenoxy) is 4. The molecule has 0 radical (unpaired) electrons. The molecule has 5 heteroatoms. The molecule has 4 atom stereocenters. The summed E-state index contributed by atoms with van der Waals surface area (Å²) in [6.07, 6.45) is 4.75. The van der Waals surface area contributed by atoms with Gasteiger partial charge in [0.05, 0.1) is 0 Å². The van der Waals surface area contributed by atoms with Crippen LogP contribution in [0.4, 0.5) is 0 Å². The molecular formula is C20H20O5. The van der Waals surface area contributed by atoms with Crippen LogP contribution in [0.1, 0.15) is 31.2 Å². The van der Waals surface area contributed by atoms with E-state index in [0.29, 0.717) is 18.6 Å². The molecular weight excluding hydrogens is 320 g/mol. The second-order valence-electron chi connectivity index (χ2n) is 7.37. The van der Waals surface area contributed by atoms with Crippen molar-refractivity contribution >= 4 is 5.78 Å². The minimum absolute atomic E-state index is 0.00273. The zero-order valence-electron chi connectivity index (χ0n) is 14.1. The maximum Gasteiger partial charge on any atom is 0.231 e. The lowest BCUT2D eigenvalue weighted by atomic mass is 9.67. The molecule has 1 aromatic carbocycles. The topological polar surface area (TPSA) is 54.0 Å². The van der Waals surface area contributed by atoms with E-state index in [-0.39, 0.29) is 31.2 Å². The van der Waals surface area contributed by atoms with E-state index in [1.165, 1.54) is 0 Å². The summed E-state index contributed by atoms with van der Waals surface area (Å²) < 4.78 is 22.7. The summed E-state index contributed by atoms with van der Waals surface area (Å²) in [5, 5.41) is 0. The summed E-state index contributed by atoms with van der Waals surface area (Å²) in [6.45, 7) is 6.51. The summed E-state index contributed by atoms with van der Waals surface area (Å²) in [4.78, 5) is 13.2. The molecule has 4 aliphatic rings. The van der Waals surface area contributed by atoms with Gasteiger partial charge in [-0.1, -0.05) is 19.1 Å². The number of carbonyl (C=O) groups excluding carboxylic acids is 1. The summed E-state index contributed by atoms with van der Waals surface area (Å²) >= 11 is 0. The minimum Gasteiger partial charge on any atom is -0.469 e. The molecule has 5 rings (SSSR count). The number of ketones is 1. The highest BCUT2D eigenvalue weighted by Crippen LogP contribution is 2.66. The fourth-order valence-electron chi connectivity index (χ4n) is 5.31. The average Bonchev–Trinajstić information content (AvgIpc) is 3.26. The van der Waals surface area contributed by atoms with Crippen LogP contribution in [0.15, 0.2) is 42.7 Å². The molecule has 2 heterocycles. The number of allylic oxidation sites excluding steroid dienone is 2. The van der Waals surface area contributed by atoms with Gasteiger partial charge in [0.1, 0.15) is 11.4 Å². The molecule has 0 unspecified atom stereocenters. The lowest BCUT2D eigenvalue weighted by Gasteiger charge is -2.35. The quantitative estimate of drug-likeness (QED) is 0.790. The summed E-state index contributed by atoms with van der Waals surface area (Å²) in [6, 6.07) is 5.98. The van der Waals surface area contributed by atoms with E-state index in [1.54, 1.807) is 6.08 Å². The van der Waals surface area contributed by atoms with Gasteiger partial charge in [-0.15, -0.1) is 6.58 Å². The van der Waals surface area contributed by atoms with Gasteiger partial charge in [0.15, 0.2) is 24.1 Å². The fourth-order valence-corrected chi connectivity index (χ4v) is 5.31. The Morgan fingerprint density at radius 2 is 2.08 bits per heavy atom. The number of hydrogen-bond acceptors (Lipinski definition) is 5. The number of rotatable bonds is 3. The second kappa shape index (κ2) is 4.88. The molecule has 1 spiro atoms. The molecule has 2 aliphatic heterocycles. The molecule has 2 fully saturated rings. The van der Waals surface area contributed by atoms with Crippen LogP contribution in [-0.4, -0.2) is 25.0 Å². The van der Waals surface area contributed by atoms with Gasteiger partial charge in [0.25, 0.3) is 0 Å². The molecule has 2 aliphatic carbocycles. The van der Waals surface area contributed by atoms with Crippen LogP contribution in [0.3, 0.4) is 0 Å². The Hall–Kier alpha value is -2.27. The van der Waals surface area contributed by atoms with Crippen molar-refractivity contribution in [3.63, 3.8) is 0 Å². The van der Waals surface area contributed by atoms with Gasteiger partial charge in [-0.2, -0.15) is 0 Å². The van der Waals surface area contributed by atoms with Crippen molar-refractivity contribution in [2.24, 2.45) is 11.3 Å². The molecule has 0 N–H and O–H groups in total. The first kappa shape index (κ1) is 15.0. The zero-order valence-corrected chi connectivity index (χ0v) is 14.1. The van der Waals surface area contributed by atoms with Crippen LogP contribution in [-0.2, 0) is 14.3 Å². The molecule has 130 valence electrons. The van der Waals surface area contributed by atoms with E-state index in [0.717, 1.165) is 17.1 Å². The van der Waals surface area contributed by atoms with Crippen LogP contribution in [0.5, 0.6) is 11.5 Å². The zero-order chi connectivity index (χ0) is 17.2. The Bertz CT molecular complexity index is 812. The van der Waals surface area contributed by atoms with Gasteiger partial charge in [-0.25, -0.2) is 0 Å². The lowest BCUT2D eigenvalue weighted by Crippen LogP contribution is -2.39. The van der Waals surface area contributed by atoms with Crippen molar-refractivity contribution in [2.75, 3.05) is 13.6 Å². The van der Waals surface area contributed by atoms with Gasteiger partial charge in [-0.3, -0.25) is 4.79 Å². The molecule has 2 bridgehead atoms. The van der Waals surface area contributed by atoms with E-state index in [2.05, 4.69) is 13.5 Å². The first-order chi connectivity index (χ1) is 12.1. The van der Waals surface area contributed by atoms with Crippen LogP contribution < -0.4 is 9.47 Å². The van der Waals surface area contributed by atoms with E-state index in [4.69, 9.17) is 18.9 Å². The fraction of sp³-hybridized carbons (Fsp3) is 0.450. The highest BCUT2D eigenvalue weighted by molar-refractivity contribution is 5.98. The molecule has 1 saturated carbocycles. The molecule has 1 aromatic rings. The number of benzene rings is 1. The summed E-state index contributed by atoms with van der Waals surface area (Å²) in [5.41, 5.74) is 0.0123. The monoisotopic (exact) mass is 340 g/mol. The van der Waals surface area contributed by atoms with Gasteiger partial charge in [-0.05, 0) is 30.5 Å². The smallest absolute Gasteiger partial charge is 0.231 e. The van der Waals surface area contributed by atoms with Crippen molar-refractivity contribution in [2.45, 2.75) is 31.3 Å². The van der Waals surface area contributed by atoms with Crippen LogP contribution in [0.2, 0.25) is 0 Å². The van der Waals surface area contributed by atoms with Crippen LogP contribution in [0.25, 0.3) is 0 Å². The maximum absolute atomic E-state index is 13.2. The third kappa shape index (κ3) is 1.74. The van der Waals surface area contributed by atoms with Crippen molar-refractivity contribution in [3.8, 4) is 11.5 Å². The highest BCUT2D eigenvalue weighted by atomic mass is 16.7. The second-order valence-corrected chi connectivity index (χ2v) is 7.37. The SMILES string of the molecule is C=CC[C@@]12C[C@@]3(OCOC3=CC1=O)[C@@H](C)[C@@H]2c1ccc2c(c1)OCO2. The molecule has 1 saturated heterocycles. The summed E-state index contributed by atoms with van der Waals surface area (Å²) in [7, 11) is 0. The number of carbonyl (C=O) groups is 1. The Labute approximate surface area is 146 Å². The van der Waals surface area contributed by atoms with Crippen molar-refractivity contribution in [1.29, 1.82) is 0 Å². The Kier molecular flexibility index (Phi) is 2.93. The molecule has 5 nitrogen and oxygen atoms in total. The predicted octanol–water partition coefficient (Wildman–Crippen LogP) is 3.31. The van der Waals surface area contributed by atoms with E-state index < -0.39 is 11.0 Å². The molecule has 25 heavy (non-hydrogen) atoms.